The Morgan fingerprint density at radius 1 is 1.39 bits per heavy atom. The normalized spacial score (nSPS) is 14.2. The third-order valence-corrected chi connectivity index (χ3v) is 7.50. The number of hydrogen-bond acceptors (Lipinski definition) is 8. The molecule has 5 rings (SSSR count). The first kappa shape index (κ1) is 24.3. The number of phenolic OH excluding ortho intramolecular Hbond substituents is 1. The first-order valence-corrected chi connectivity index (χ1v) is 12.2. The highest BCUT2D eigenvalue weighted by Gasteiger charge is 2.29. The predicted octanol–water partition coefficient (Wildman–Crippen LogP) is 4.72. The van der Waals surface area contributed by atoms with Crippen molar-refractivity contribution in [2.75, 3.05) is 7.11 Å². The number of fused-ring (bicyclic) bond motifs is 3. The first-order valence-electron chi connectivity index (χ1n) is 11.0. The minimum Gasteiger partial charge on any atom is -0.505 e. The second kappa shape index (κ2) is 9.23. The van der Waals surface area contributed by atoms with E-state index in [9.17, 15) is 18.7 Å². The molecule has 0 amide bonds. The number of thiophene rings is 1. The SMILES string of the molecule is COc1ccc(-c2nc3sc4c(O)c(Cl)ccc4c3c(=O)n2C/C(N)=C/N(N)C(F)F)c(C2CC2)c1. The van der Waals surface area contributed by atoms with Gasteiger partial charge in [-0.3, -0.25) is 14.4 Å². The summed E-state index contributed by atoms with van der Waals surface area (Å²) in [7, 11) is 1.58. The van der Waals surface area contributed by atoms with Gasteiger partial charge < -0.3 is 15.6 Å². The number of hydrazine groups is 1. The number of aromatic hydroxyl groups is 1. The zero-order valence-electron chi connectivity index (χ0n) is 19.0. The van der Waals surface area contributed by atoms with Crippen molar-refractivity contribution in [3.05, 3.63) is 63.2 Å². The van der Waals surface area contributed by atoms with E-state index >= 15 is 0 Å². The van der Waals surface area contributed by atoms with Gasteiger partial charge >= 0.3 is 6.55 Å². The van der Waals surface area contributed by atoms with Gasteiger partial charge in [-0.2, -0.15) is 8.78 Å². The number of aromatic nitrogens is 2. The van der Waals surface area contributed by atoms with E-state index < -0.39 is 12.1 Å². The van der Waals surface area contributed by atoms with Gasteiger partial charge in [-0.15, -0.1) is 11.3 Å². The molecule has 4 aromatic rings. The molecule has 1 aliphatic carbocycles. The van der Waals surface area contributed by atoms with E-state index in [1.165, 1.54) is 10.6 Å². The van der Waals surface area contributed by atoms with Gasteiger partial charge in [-0.05, 0) is 48.6 Å². The minimum absolute atomic E-state index is 0.0609. The molecule has 0 saturated heterocycles. The Kier molecular flexibility index (Phi) is 6.23. The summed E-state index contributed by atoms with van der Waals surface area (Å²) in [6.45, 7) is -3.19. The van der Waals surface area contributed by atoms with Crippen LogP contribution >= 0.6 is 22.9 Å². The molecule has 1 fully saturated rings. The molecular formula is C24H22ClF2N5O3S. The van der Waals surface area contributed by atoms with Crippen LogP contribution in [0.2, 0.25) is 5.02 Å². The highest BCUT2D eigenvalue weighted by molar-refractivity contribution is 7.25. The molecule has 8 nitrogen and oxygen atoms in total. The Morgan fingerprint density at radius 2 is 2.14 bits per heavy atom. The van der Waals surface area contributed by atoms with Gasteiger partial charge in [0.15, 0.2) is 5.75 Å². The number of nitrogens with zero attached hydrogens (tertiary/aromatic N) is 3. The topological polar surface area (TPSA) is 120 Å². The van der Waals surface area contributed by atoms with Crippen LogP contribution in [0.15, 0.2) is 47.0 Å². The standard InChI is InChI=1S/C24H22ClF2N5O3S/c1-35-13-4-5-14(16(8-13)11-2-3-11)21-30-22-18(15-6-7-17(25)19(33)20(15)36-22)23(34)31(21)9-12(28)10-32(29)24(26)27/h4-8,10-11,24,33H,2-3,9,28-29H2,1H3/b12-10-. The fourth-order valence-electron chi connectivity index (χ4n) is 4.21. The number of ether oxygens (including phenoxy) is 1. The third kappa shape index (κ3) is 4.23. The Bertz CT molecular complexity index is 1580. The summed E-state index contributed by atoms with van der Waals surface area (Å²) in [6.07, 6.45) is 2.86. The van der Waals surface area contributed by atoms with Gasteiger partial charge in [0, 0.05) is 22.8 Å². The van der Waals surface area contributed by atoms with Crippen molar-refractivity contribution >= 4 is 43.2 Å². The Labute approximate surface area is 212 Å². The van der Waals surface area contributed by atoms with E-state index in [4.69, 9.17) is 32.9 Å². The molecule has 0 aliphatic heterocycles. The Morgan fingerprint density at radius 3 is 2.81 bits per heavy atom. The molecule has 0 radical (unpaired) electrons. The Hall–Kier alpha value is -3.41. The van der Waals surface area contributed by atoms with Crippen LogP contribution in [-0.4, -0.2) is 33.3 Å². The lowest BCUT2D eigenvalue weighted by molar-refractivity contribution is 0.00462. The maximum atomic E-state index is 13.9. The molecule has 2 aromatic carbocycles. The lowest BCUT2D eigenvalue weighted by atomic mass is 10.0. The van der Waals surface area contributed by atoms with Gasteiger partial charge in [0.1, 0.15) is 16.4 Å². The molecule has 2 aromatic heterocycles. The minimum atomic E-state index is -2.96. The van der Waals surface area contributed by atoms with Crippen molar-refractivity contribution in [1.29, 1.82) is 0 Å². The van der Waals surface area contributed by atoms with Crippen molar-refractivity contribution < 1.29 is 18.6 Å². The third-order valence-electron chi connectivity index (χ3n) is 6.08. The fourth-order valence-corrected chi connectivity index (χ4v) is 5.54. The largest absolute Gasteiger partial charge is 0.505 e. The highest BCUT2D eigenvalue weighted by Crippen LogP contribution is 2.46. The van der Waals surface area contributed by atoms with Crippen LogP contribution in [0.1, 0.15) is 24.3 Å². The van der Waals surface area contributed by atoms with Crippen LogP contribution in [0.4, 0.5) is 8.78 Å². The summed E-state index contributed by atoms with van der Waals surface area (Å²) in [5.74, 6) is 6.46. The molecule has 0 atom stereocenters. The smallest absolute Gasteiger partial charge is 0.327 e. The number of phenols is 1. The van der Waals surface area contributed by atoms with Gasteiger partial charge in [0.2, 0.25) is 0 Å². The second-order valence-corrected chi connectivity index (χ2v) is 9.94. The van der Waals surface area contributed by atoms with E-state index in [-0.39, 0.29) is 39.3 Å². The molecule has 12 heteroatoms. The number of hydrogen-bond donors (Lipinski definition) is 3. The number of allylic oxidation sites excluding steroid dienone is 1. The molecule has 0 spiro atoms. The average molecular weight is 534 g/mol. The molecule has 36 heavy (non-hydrogen) atoms. The Balaban J connectivity index is 1.79. The summed E-state index contributed by atoms with van der Waals surface area (Å²) in [5.41, 5.74) is 7.22. The lowest BCUT2D eigenvalue weighted by Gasteiger charge is -2.18. The second-order valence-electron chi connectivity index (χ2n) is 8.54. The summed E-state index contributed by atoms with van der Waals surface area (Å²) in [4.78, 5) is 19.1. The van der Waals surface area contributed by atoms with Crippen LogP contribution in [0.5, 0.6) is 11.5 Å². The number of benzene rings is 2. The highest BCUT2D eigenvalue weighted by atomic mass is 35.5. The van der Waals surface area contributed by atoms with E-state index in [2.05, 4.69) is 0 Å². The zero-order valence-corrected chi connectivity index (χ0v) is 20.6. The maximum absolute atomic E-state index is 13.9. The fraction of sp³-hybridized carbons (Fsp3) is 0.250. The molecule has 5 N–H and O–H groups in total. The van der Waals surface area contributed by atoms with Crippen molar-refractivity contribution in [2.24, 2.45) is 11.6 Å². The van der Waals surface area contributed by atoms with Crippen LogP contribution < -0.4 is 21.9 Å². The van der Waals surface area contributed by atoms with Crippen molar-refractivity contribution in [3.63, 3.8) is 0 Å². The monoisotopic (exact) mass is 533 g/mol. The lowest BCUT2D eigenvalue weighted by Crippen LogP contribution is -2.33. The molecule has 188 valence electrons. The van der Waals surface area contributed by atoms with Crippen LogP contribution in [0, 0.1) is 0 Å². The van der Waals surface area contributed by atoms with E-state index in [0.29, 0.717) is 32.1 Å². The number of alkyl halides is 2. The van der Waals surface area contributed by atoms with Crippen molar-refractivity contribution in [2.45, 2.75) is 31.9 Å². The van der Waals surface area contributed by atoms with Gasteiger partial charge in [0.05, 0.1) is 28.8 Å². The average Bonchev–Trinajstić information content (AvgIpc) is 3.63. The van der Waals surface area contributed by atoms with Gasteiger partial charge in [-0.1, -0.05) is 17.7 Å². The summed E-state index contributed by atoms with van der Waals surface area (Å²) < 4.78 is 33.1. The quantitative estimate of drug-likeness (QED) is 0.178. The molecule has 0 unspecified atom stereocenters. The predicted molar refractivity (Wildman–Crippen MR) is 136 cm³/mol. The maximum Gasteiger partial charge on any atom is 0.327 e. The molecule has 1 saturated carbocycles. The van der Waals surface area contributed by atoms with E-state index in [0.717, 1.165) is 35.9 Å². The van der Waals surface area contributed by atoms with Crippen molar-refractivity contribution in [1.82, 2.24) is 14.6 Å². The summed E-state index contributed by atoms with van der Waals surface area (Å²) in [6, 6.07) is 8.66. The number of nitrogens with two attached hydrogens (primary N) is 2. The van der Waals surface area contributed by atoms with Crippen molar-refractivity contribution in [3.8, 4) is 22.9 Å². The molecule has 0 bridgehead atoms. The molecule has 1 aliphatic rings. The summed E-state index contributed by atoms with van der Waals surface area (Å²) in [5, 5.41) is 11.6. The van der Waals surface area contributed by atoms with Crippen LogP contribution in [0.3, 0.4) is 0 Å². The van der Waals surface area contributed by atoms with Gasteiger partial charge in [0.25, 0.3) is 5.56 Å². The molecule has 2 heterocycles. The van der Waals surface area contributed by atoms with Gasteiger partial charge in [-0.25, -0.2) is 10.8 Å². The number of halogens is 3. The number of methoxy groups -OCH3 is 1. The van der Waals surface area contributed by atoms with Crippen LogP contribution in [0.25, 0.3) is 31.7 Å². The van der Waals surface area contributed by atoms with E-state index in [1.54, 1.807) is 19.2 Å². The first-order chi connectivity index (χ1) is 17.2. The zero-order chi connectivity index (χ0) is 25.7. The molecular weight excluding hydrogens is 512 g/mol. The van der Waals surface area contributed by atoms with E-state index in [1.807, 2.05) is 12.1 Å². The summed E-state index contributed by atoms with van der Waals surface area (Å²) >= 11 is 7.23. The van der Waals surface area contributed by atoms with Crippen LogP contribution in [-0.2, 0) is 6.54 Å². The number of rotatable bonds is 7.